The van der Waals surface area contributed by atoms with Gasteiger partial charge in [-0.2, -0.15) is 0 Å². The molecule has 0 bridgehead atoms. The summed E-state index contributed by atoms with van der Waals surface area (Å²) in [4.78, 5) is 3.71. The van der Waals surface area contributed by atoms with Crippen molar-refractivity contribution in [1.29, 1.82) is 0 Å². The Kier molecular flexibility index (Phi) is 4.58. The standard InChI is InChI=1S/C11H20N2S/c1-9-6-8-14-11(9)10(12-2)5-7-13(3)4/h6,8,10,12H,5,7H2,1-4H3. The molecule has 0 saturated heterocycles. The van der Waals surface area contributed by atoms with Crippen molar-refractivity contribution in [2.24, 2.45) is 0 Å². The molecule has 1 aromatic heterocycles. The molecule has 0 saturated carbocycles. The molecular weight excluding hydrogens is 192 g/mol. The first-order valence-corrected chi connectivity index (χ1v) is 5.89. The van der Waals surface area contributed by atoms with Gasteiger partial charge in [-0.25, -0.2) is 0 Å². The van der Waals surface area contributed by atoms with Crippen LogP contribution in [-0.2, 0) is 0 Å². The van der Waals surface area contributed by atoms with Gasteiger partial charge in [-0.15, -0.1) is 11.3 Å². The van der Waals surface area contributed by atoms with Gasteiger partial charge in [0.1, 0.15) is 0 Å². The lowest BCUT2D eigenvalue weighted by molar-refractivity contribution is 0.370. The smallest absolute Gasteiger partial charge is 0.0427 e. The Morgan fingerprint density at radius 2 is 2.21 bits per heavy atom. The second kappa shape index (κ2) is 5.49. The quantitative estimate of drug-likeness (QED) is 0.805. The molecule has 0 aliphatic heterocycles. The second-order valence-electron chi connectivity index (χ2n) is 3.90. The molecule has 1 unspecified atom stereocenters. The number of rotatable bonds is 5. The van der Waals surface area contributed by atoms with E-state index in [1.165, 1.54) is 16.9 Å². The Balaban J connectivity index is 2.58. The predicted molar refractivity (Wildman–Crippen MR) is 64.0 cm³/mol. The maximum Gasteiger partial charge on any atom is 0.0427 e. The van der Waals surface area contributed by atoms with Crippen molar-refractivity contribution < 1.29 is 0 Å². The summed E-state index contributed by atoms with van der Waals surface area (Å²) in [5.74, 6) is 0. The van der Waals surface area contributed by atoms with Crippen molar-refractivity contribution >= 4 is 11.3 Å². The molecule has 14 heavy (non-hydrogen) atoms. The highest BCUT2D eigenvalue weighted by Crippen LogP contribution is 2.25. The molecule has 1 atom stereocenters. The Bertz CT molecular complexity index is 268. The van der Waals surface area contributed by atoms with Crippen molar-refractivity contribution in [3.05, 3.63) is 21.9 Å². The van der Waals surface area contributed by atoms with Crippen molar-refractivity contribution in [3.63, 3.8) is 0 Å². The summed E-state index contributed by atoms with van der Waals surface area (Å²) in [5, 5.41) is 5.56. The molecule has 1 rings (SSSR count). The fraction of sp³-hybridized carbons (Fsp3) is 0.636. The van der Waals surface area contributed by atoms with Crippen LogP contribution in [0.15, 0.2) is 11.4 Å². The van der Waals surface area contributed by atoms with E-state index in [1.54, 1.807) is 0 Å². The number of aryl methyl sites for hydroxylation is 1. The lowest BCUT2D eigenvalue weighted by Crippen LogP contribution is -2.22. The molecule has 1 N–H and O–H groups in total. The Morgan fingerprint density at radius 3 is 2.64 bits per heavy atom. The number of nitrogens with zero attached hydrogens (tertiary/aromatic N) is 1. The number of hydrogen-bond acceptors (Lipinski definition) is 3. The minimum absolute atomic E-state index is 0.511. The molecular formula is C11H20N2S. The van der Waals surface area contributed by atoms with Gasteiger partial charge in [0, 0.05) is 10.9 Å². The summed E-state index contributed by atoms with van der Waals surface area (Å²) >= 11 is 1.85. The monoisotopic (exact) mass is 212 g/mol. The van der Waals surface area contributed by atoms with Crippen LogP contribution in [-0.4, -0.2) is 32.6 Å². The lowest BCUT2D eigenvalue weighted by Gasteiger charge is -2.18. The van der Waals surface area contributed by atoms with E-state index in [4.69, 9.17) is 0 Å². The summed E-state index contributed by atoms with van der Waals surface area (Å²) < 4.78 is 0. The zero-order valence-electron chi connectivity index (χ0n) is 9.50. The molecule has 0 fully saturated rings. The van der Waals surface area contributed by atoms with E-state index in [0.717, 1.165) is 6.54 Å². The van der Waals surface area contributed by atoms with Crippen LogP contribution in [0.25, 0.3) is 0 Å². The third kappa shape index (κ3) is 3.08. The first-order chi connectivity index (χ1) is 6.65. The molecule has 0 amide bonds. The van der Waals surface area contributed by atoms with Crippen LogP contribution in [0, 0.1) is 6.92 Å². The van der Waals surface area contributed by atoms with E-state index in [0.29, 0.717) is 6.04 Å². The first-order valence-electron chi connectivity index (χ1n) is 5.01. The van der Waals surface area contributed by atoms with Gasteiger partial charge in [-0.3, -0.25) is 0 Å². The molecule has 1 heterocycles. The zero-order valence-corrected chi connectivity index (χ0v) is 10.3. The molecule has 3 heteroatoms. The van der Waals surface area contributed by atoms with Gasteiger partial charge in [-0.05, 0) is 58.0 Å². The Hall–Kier alpha value is -0.380. The van der Waals surface area contributed by atoms with Gasteiger partial charge in [0.25, 0.3) is 0 Å². The van der Waals surface area contributed by atoms with E-state index in [9.17, 15) is 0 Å². The van der Waals surface area contributed by atoms with Crippen LogP contribution in [0.5, 0.6) is 0 Å². The van der Waals surface area contributed by atoms with E-state index in [2.05, 4.69) is 42.7 Å². The zero-order chi connectivity index (χ0) is 10.6. The largest absolute Gasteiger partial charge is 0.312 e. The third-order valence-electron chi connectivity index (χ3n) is 2.43. The van der Waals surface area contributed by atoms with Crippen LogP contribution in [0.4, 0.5) is 0 Å². The van der Waals surface area contributed by atoms with Crippen LogP contribution in [0.3, 0.4) is 0 Å². The fourth-order valence-electron chi connectivity index (χ4n) is 1.54. The summed E-state index contributed by atoms with van der Waals surface area (Å²) in [6.45, 7) is 3.31. The molecule has 80 valence electrons. The van der Waals surface area contributed by atoms with E-state index < -0.39 is 0 Å². The van der Waals surface area contributed by atoms with Gasteiger partial charge in [0.2, 0.25) is 0 Å². The third-order valence-corrected chi connectivity index (χ3v) is 3.56. The van der Waals surface area contributed by atoms with E-state index in [1.807, 2.05) is 18.4 Å². The SMILES string of the molecule is CNC(CCN(C)C)c1sccc1C. The van der Waals surface area contributed by atoms with Gasteiger partial charge < -0.3 is 10.2 Å². The number of nitrogens with one attached hydrogen (secondary N) is 1. The van der Waals surface area contributed by atoms with Gasteiger partial charge in [0.05, 0.1) is 0 Å². The molecule has 0 radical (unpaired) electrons. The summed E-state index contributed by atoms with van der Waals surface area (Å²) in [6.07, 6.45) is 1.17. The van der Waals surface area contributed by atoms with Crippen molar-refractivity contribution in [3.8, 4) is 0 Å². The van der Waals surface area contributed by atoms with Gasteiger partial charge in [0.15, 0.2) is 0 Å². The highest BCUT2D eigenvalue weighted by atomic mass is 32.1. The summed E-state index contributed by atoms with van der Waals surface area (Å²) in [6, 6.07) is 2.71. The fourth-order valence-corrected chi connectivity index (χ4v) is 2.61. The van der Waals surface area contributed by atoms with Crippen molar-refractivity contribution in [2.75, 3.05) is 27.7 Å². The topological polar surface area (TPSA) is 15.3 Å². The lowest BCUT2D eigenvalue weighted by atomic mass is 10.1. The number of hydrogen-bond donors (Lipinski definition) is 1. The number of thiophene rings is 1. The van der Waals surface area contributed by atoms with Crippen LogP contribution in [0.1, 0.15) is 22.9 Å². The molecule has 2 nitrogen and oxygen atoms in total. The molecule has 0 aromatic carbocycles. The minimum atomic E-state index is 0.511. The molecule has 0 spiro atoms. The van der Waals surface area contributed by atoms with E-state index >= 15 is 0 Å². The average molecular weight is 212 g/mol. The summed E-state index contributed by atoms with van der Waals surface area (Å²) in [7, 11) is 6.28. The average Bonchev–Trinajstić information content (AvgIpc) is 2.53. The maximum absolute atomic E-state index is 3.38. The first kappa shape index (κ1) is 11.7. The molecule has 0 aliphatic carbocycles. The summed E-state index contributed by atoms with van der Waals surface area (Å²) in [5.41, 5.74) is 1.41. The molecule has 0 aliphatic rings. The normalized spacial score (nSPS) is 13.5. The predicted octanol–water partition coefficient (Wildman–Crippen LogP) is 2.27. The van der Waals surface area contributed by atoms with E-state index in [-0.39, 0.29) is 0 Å². The highest BCUT2D eigenvalue weighted by molar-refractivity contribution is 7.10. The van der Waals surface area contributed by atoms with Crippen LogP contribution >= 0.6 is 11.3 Å². The van der Waals surface area contributed by atoms with Crippen molar-refractivity contribution in [1.82, 2.24) is 10.2 Å². The highest BCUT2D eigenvalue weighted by Gasteiger charge is 2.12. The van der Waals surface area contributed by atoms with Crippen LogP contribution in [0.2, 0.25) is 0 Å². The Labute approximate surface area is 90.9 Å². The molecule has 1 aromatic rings. The van der Waals surface area contributed by atoms with Gasteiger partial charge >= 0.3 is 0 Å². The van der Waals surface area contributed by atoms with Crippen molar-refractivity contribution in [2.45, 2.75) is 19.4 Å². The van der Waals surface area contributed by atoms with Crippen LogP contribution < -0.4 is 5.32 Å². The Morgan fingerprint density at radius 1 is 1.50 bits per heavy atom. The second-order valence-corrected chi connectivity index (χ2v) is 4.85. The van der Waals surface area contributed by atoms with Gasteiger partial charge in [-0.1, -0.05) is 0 Å². The minimum Gasteiger partial charge on any atom is -0.312 e. The maximum atomic E-state index is 3.38.